The Morgan fingerprint density at radius 2 is 2.00 bits per heavy atom. The second kappa shape index (κ2) is 6.25. The standard InChI is InChI=1S/C14H19F2NO/c15-14(16)13-12(18)8-10-17(13)9-4-7-11-5-2-1-3-6-11/h1-3,5-6,12-14,18H,4,7-10H2/t12-,13?/m1/s1. The molecule has 100 valence electrons. The smallest absolute Gasteiger partial charge is 0.256 e. The molecule has 1 saturated heterocycles. The minimum atomic E-state index is -2.46. The van der Waals surface area contributed by atoms with E-state index < -0.39 is 18.6 Å². The van der Waals surface area contributed by atoms with Gasteiger partial charge >= 0.3 is 0 Å². The Morgan fingerprint density at radius 1 is 1.28 bits per heavy atom. The van der Waals surface area contributed by atoms with Crippen LogP contribution < -0.4 is 0 Å². The van der Waals surface area contributed by atoms with Gasteiger partial charge in [0.2, 0.25) is 0 Å². The first-order valence-electron chi connectivity index (χ1n) is 6.42. The minimum Gasteiger partial charge on any atom is -0.391 e. The zero-order valence-electron chi connectivity index (χ0n) is 10.3. The van der Waals surface area contributed by atoms with E-state index in [2.05, 4.69) is 0 Å². The maximum absolute atomic E-state index is 12.8. The molecule has 4 heteroatoms. The van der Waals surface area contributed by atoms with Crippen LogP contribution in [0.1, 0.15) is 18.4 Å². The van der Waals surface area contributed by atoms with Gasteiger partial charge in [0.1, 0.15) is 0 Å². The van der Waals surface area contributed by atoms with E-state index in [0.717, 1.165) is 12.8 Å². The number of likely N-dealkylation sites (tertiary alicyclic amines) is 1. The van der Waals surface area contributed by atoms with Gasteiger partial charge < -0.3 is 5.11 Å². The van der Waals surface area contributed by atoms with E-state index in [9.17, 15) is 13.9 Å². The van der Waals surface area contributed by atoms with E-state index in [1.807, 2.05) is 30.3 Å². The van der Waals surface area contributed by atoms with E-state index in [-0.39, 0.29) is 0 Å². The quantitative estimate of drug-likeness (QED) is 0.873. The van der Waals surface area contributed by atoms with Crippen molar-refractivity contribution in [3.63, 3.8) is 0 Å². The number of halogens is 2. The fraction of sp³-hybridized carbons (Fsp3) is 0.571. The zero-order valence-corrected chi connectivity index (χ0v) is 10.3. The molecule has 0 bridgehead atoms. The van der Waals surface area contributed by atoms with Gasteiger partial charge in [-0.3, -0.25) is 4.90 Å². The Bertz CT molecular complexity index is 358. The van der Waals surface area contributed by atoms with Crippen LogP contribution in [-0.2, 0) is 6.42 Å². The normalized spacial score (nSPS) is 24.9. The van der Waals surface area contributed by atoms with Crippen LogP contribution in [0.15, 0.2) is 30.3 Å². The first-order valence-corrected chi connectivity index (χ1v) is 6.42. The third-order valence-electron chi connectivity index (χ3n) is 3.54. The largest absolute Gasteiger partial charge is 0.391 e. The van der Waals surface area contributed by atoms with Crippen molar-refractivity contribution in [2.24, 2.45) is 0 Å². The fourth-order valence-electron chi connectivity index (χ4n) is 2.58. The maximum Gasteiger partial charge on any atom is 0.256 e. The molecule has 0 aliphatic carbocycles. The molecule has 2 atom stereocenters. The second-order valence-electron chi connectivity index (χ2n) is 4.81. The fourth-order valence-corrected chi connectivity index (χ4v) is 2.58. The summed E-state index contributed by atoms with van der Waals surface area (Å²) in [4.78, 5) is 1.72. The molecule has 1 unspecified atom stereocenters. The molecule has 1 aliphatic heterocycles. The second-order valence-corrected chi connectivity index (χ2v) is 4.81. The van der Waals surface area contributed by atoms with Crippen molar-refractivity contribution in [2.45, 2.75) is 37.8 Å². The van der Waals surface area contributed by atoms with Gasteiger partial charge in [-0.05, 0) is 31.4 Å². The number of benzene rings is 1. The van der Waals surface area contributed by atoms with Gasteiger partial charge in [0.05, 0.1) is 12.1 Å². The number of hydrogen-bond donors (Lipinski definition) is 1. The van der Waals surface area contributed by atoms with Gasteiger partial charge in [0.25, 0.3) is 6.43 Å². The van der Waals surface area contributed by atoms with Crippen molar-refractivity contribution in [2.75, 3.05) is 13.1 Å². The summed E-state index contributed by atoms with van der Waals surface area (Å²) in [5.41, 5.74) is 1.23. The van der Waals surface area contributed by atoms with Gasteiger partial charge in [-0.25, -0.2) is 8.78 Å². The first kappa shape index (κ1) is 13.4. The molecule has 2 rings (SSSR count). The Morgan fingerprint density at radius 3 is 2.67 bits per heavy atom. The summed E-state index contributed by atoms with van der Waals surface area (Å²) in [6.07, 6.45) is -1.13. The van der Waals surface area contributed by atoms with Crippen molar-refractivity contribution in [1.82, 2.24) is 4.90 Å². The van der Waals surface area contributed by atoms with E-state index in [1.165, 1.54) is 5.56 Å². The highest BCUT2D eigenvalue weighted by Gasteiger charge is 2.38. The molecule has 1 aromatic rings. The van der Waals surface area contributed by atoms with Crippen LogP contribution in [0.4, 0.5) is 8.78 Å². The lowest BCUT2D eigenvalue weighted by atomic mass is 10.1. The Balaban J connectivity index is 1.80. The molecule has 1 aromatic carbocycles. The third-order valence-corrected chi connectivity index (χ3v) is 3.54. The molecular formula is C14H19F2NO. The van der Waals surface area contributed by atoms with E-state index in [0.29, 0.717) is 19.5 Å². The molecule has 0 amide bonds. The van der Waals surface area contributed by atoms with Gasteiger partial charge in [-0.15, -0.1) is 0 Å². The molecule has 1 N–H and O–H groups in total. The number of alkyl halides is 2. The summed E-state index contributed by atoms with van der Waals surface area (Å²) in [6.45, 7) is 1.20. The first-order chi connectivity index (χ1) is 8.68. The summed E-state index contributed by atoms with van der Waals surface area (Å²) < 4.78 is 25.6. The van der Waals surface area contributed by atoms with Crippen LogP contribution in [0.5, 0.6) is 0 Å². The number of nitrogens with zero attached hydrogens (tertiary/aromatic N) is 1. The van der Waals surface area contributed by atoms with Crippen molar-refractivity contribution in [1.29, 1.82) is 0 Å². The molecule has 1 aliphatic rings. The zero-order chi connectivity index (χ0) is 13.0. The summed E-state index contributed by atoms with van der Waals surface area (Å²) in [5, 5.41) is 9.52. The lowest BCUT2D eigenvalue weighted by Gasteiger charge is -2.25. The highest BCUT2D eigenvalue weighted by molar-refractivity contribution is 5.14. The van der Waals surface area contributed by atoms with Gasteiger partial charge in [0.15, 0.2) is 0 Å². The molecule has 0 aromatic heterocycles. The van der Waals surface area contributed by atoms with Crippen LogP contribution >= 0.6 is 0 Å². The average molecular weight is 255 g/mol. The topological polar surface area (TPSA) is 23.5 Å². The molecule has 0 saturated carbocycles. The Kier molecular flexibility index (Phi) is 4.66. The molecule has 1 heterocycles. The van der Waals surface area contributed by atoms with Crippen molar-refractivity contribution >= 4 is 0 Å². The summed E-state index contributed by atoms with van der Waals surface area (Å²) in [5.74, 6) is 0. The summed E-state index contributed by atoms with van der Waals surface area (Å²) >= 11 is 0. The third kappa shape index (κ3) is 3.27. The Hall–Kier alpha value is -1.00. The molecule has 18 heavy (non-hydrogen) atoms. The number of hydrogen-bond acceptors (Lipinski definition) is 2. The van der Waals surface area contributed by atoms with Crippen molar-refractivity contribution in [3.05, 3.63) is 35.9 Å². The highest BCUT2D eigenvalue weighted by Crippen LogP contribution is 2.23. The van der Waals surface area contributed by atoms with Crippen LogP contribution in [0, 0.1) is 0 Å². The molecular weight excluding hydrogens is 236 g/mol. The lowest BCUT2D eigenvalue weighted by Crippen LogP contribution is -2.41. The van der Waals surface area contributed by atoms with E-state index in [4.69, 9.17) is 0 Å². The molecule has 1 fully saturated rings. The predicted molar refractivity (Wildman–Crippen MR) is 66.8 cm³/mol. The number of aliphatic hydroxyl groups is 1. The van der Waals surface area contributed by atoms with Crippen LogP contribution in [-0.4, -0.2) is 41.7 Å². The molecule has 0 radical (unpaired) electrons. The number of aliphatic hydroxyl groups excluding tert-OH is 1. The summed E-state index contributed by atoms with van der Waals surface area (Å²) in [6, 6.07) is 9.05. The van der Waals surface area contributed by atoms with Crippen molar-refractivity contribution < 1.29 is 13.9 Å². The van der Waals surface area contributed by atoms with E-state index >= 15 is 0 Å². The van der Waals surface area contributed by atoms with Gasteiger partial charge in [-0.2, -0.15) is 0 Å². The van der Waals surface area contributed by atoms with Gasteiger partial charge in [-0.1, -0.05) is 30.3 Å². The van der Waals surface area contributed by atoms with Crippen LogP contribution in [0.25, 0.3) is 0 Å². The highest BCUT2D eigenvalue weighted by atomic mass is 19.3. The van der Waals surface area contributed by atoms with Crippen molar-refractivity contribution in [3.8, 4) is 0 Å². The minimum absolute atomic E-state index is 0.459. The van der Waals surface area contributed by atoms with Crippen LogP contribution in [0.2, 0.25) is 0 Å². The lowest BCUT2D eigenvalue weighted by molar-refractivity contribution is -0.00537. The van der Waals surface area contributed by atoms with E-state index in [1.54, 1.807) is 4.90 Å². The number of rotatable bonds is 5. The maximum atomic E-state index is 12.8. The average Bonchev–Trinajstić information content (AvgIpc) is 2.72. The summed E-state index contributed by atoms with van der Waals surface area (Å²) in [7, 11) is 0. The SMILES string of the molecule is O[C@@H]1CCN(CCCc2ccccc2)C1C(F)F. The predicted octanol–water partition coefficient (Wildman–Crippen LogP) is 2.32. The van der Waals surface area contributed by atoms with Gasteiger partial charge in [0, 0.05) is 6.54 Å². The monoisotopic (exact) mass is 255 g/mol. The molecule has 0 spiro atoms. The molecule has 2 nitrogen and oxygen atoms in total. The Labute approximate surface area is 106 Å². The number of aryl methyl sites for hydroxylation is 1. The van der Waals surface area contributed by atoms with Crippen LogP contribution in [0.3, 0.4) is 0 Å².